The Morgan fingerprint density at radius 1 is 1.00 bits per heavy atom. The van der Waals surface area contributed by atoms with Crippen LogP contribution in [0.5, 0.6) is 5.75 Å². The molecule has 8 heteroatoms. The Kier molecular flexibility index (Phi) is 4.54. The highest BCUT2D eigenvalue weighted by Gasteiger charge is 2.30. The summed E-state index contributed by atoms with van der Waals surface area (Å²) in [5, 5.41) is 4.61. The maximum absolute atomic E-state index is 13.2. The van der Waals surface area contributed by atoms with Gasteiger partial charge in [-0.05, 0) is 48.5 Å². The van der Waals surface area contributed by atoms with Crippen molar-refractivity contribution in [2.24, 2.45) is 0 Å². The third-order valence-corrected chi connectivity index (χ3v) is 4.44. The Bertz CT molecular complexity index is 1250. The second kappa shape index (κ2) is 7.05. The van der Waals surface area contributed by atoms with Gasteiger partial charge in [0.15, 0.2) is 0 Å². The van der Waals surface area contributed by atoms with Crippen LogP contribution in [0.3, 0.4) is 0 Å². The van der Waals surface area contributed by atoms with Crippen LogP contribution in [0.15, 0.2) is 71.7 Å². The van der Waals surface area contributed by atoms with E-state index in [2.05, 4.69) is 10.1 Å². The highest BCUT2D eigenvalue weighted by atomic mass is 19.4. The summed E-state index contributed by atoms with van der Waals surface area (Å²) in [6.07, 6.45) is -3.03. The highest BCUT2D eigenvalue weighted by Crippen LogP contribution is 2.33. The molecule has 0 aliphatic rings. The van der Waals surface area contributed by atoms with Gasteiger partial charge < -0.3 is 4.74 Å². The molecule has 0 bridgehead atoms. The number of nitrogens with zero attached hydrogens (tertiary/aromatic N) is 3. The van der Waals surface area contributed by atoms with Gasteiger partial charge in [0.25, 0.3) is 5.56 Å². The van der Waals surface area contributed by atoms with Gasteiger partial charge in [0.05, 0.1) is 23.7 Å². The van der Waals surface area contributed by atoms with Gasteiger partial charge in [0.1, 0.15) is 17.0 Å². The SMILES string of the molecule is COc1ccc(-n2nc(-c3cccc(C(F)(F)F)c3)c3ncccc3c2=O)cc1. The Labute approximate surface area is 163 Å². The van der Waals surface area contributed by atoms with Crippen molar-refractivity contribution in [3.05, 3.63) is 82.8 Å². The molecule has 146 valence electrons. The Morgan fingerprint density at radius 3 is 2.45 bits per heavy atom. The van der Waals surface area contributed by atoms with E-state index in [4.69, 9.17) is 4.74 Å². The molecule has 0 aliphatic carbocycles. The maximum Gasteiger partial charge on any atom is 0.416 e. The van der Waals surface area contributed by atoms with Crippen LogP contribution < -0.4 is 10.3 Å². The van der Waals surface area contributed by atoms with Gasteiger partial charge in [-0.15, -0.1) is 0 Å². The minimum absolute atomic E-state index is 0.183. The molecule has 4 rings (SSSR count). The zero-order valence-electron chi connectivity index (χ0n) is 15.1. The molecule has 0 saturated carbocycles. The van der Waals surface area contributed by atoms with E-state index in [1.165, 1.54) is 25.4 Å². The van der Waals surface area contributed by atoms with Crippen LogP contribution in [0, 0.1) is 0 Å². The monoisotopic (exact) mass is 397 g/mol. The number of pyridine rings is 1. The Hall–Kier alpha value is -3.68. The quantitative estimate of drug-likeness (QED) is 0.512. The molecule has 5 nitrogen and oxygen atoms in total. The fourth-order valence-electron chi connectivity index (χ4n) is 3.01. The van der Waals surface area contributed by atoms with E-state index in [1.807, 2.05) is 0 Å². The molecule has 0 saturated heterocycles. The van der Waals surface area contributed by atoms with Gasteiger partial charge in [-0.2, -0.15) is 23.0 Å². The number of hydrogen-bond donors (Lipinski definition) is 0. The van der Waals surface area contributed by atoms with Crippen LogP contribution in [0.1, 0.15) is 5.56 Å². The maximum atomic E-state index is 13.2. The first-order valence-corrected chi connectivity index (χ1v) is 8.58. The van der Waals surface area contributed by atoms with Crippen molar-refractivity contribution < 1.29 is 17.9 Å². The van der Waals surface area contributed by atoms with Crippen molar-refractivity contribution in [1.82, 2.24) is 14.8 Å². The zero-order valence-corrected chi connectivity index (χ0v) is 15.1. The van der Waals surface area contributed by atoms with Crippen LogP contribution >= 0.6 is 0 Å². The van der Waals surface area contributed by atoms with E-state index in [0.717, 1.165) is 16.8 Å². The predicted octanol–water partition coefficient (Wildman–Crippen LogP) is 4.48. The number of alkyl halides is 3. The molecule has 0 radical (unpaired) electrons. The van der Waals surface area contributed by atoms with E-state index < -0.39 is 17.3 Å². The van der Waals surface area contributed by atoms with Gasteiger partial charge in [-0.25, -0.2) is 0 Å². The Morgan fingerprint density at radius 2 is 1.76 bits per heavy atom. The van der Waals surface area contributed by atoms with E-state index in [0.29, 0.717) is 11.4 Å². The van der Waals surface area contributed by atoms with Crippen LogP contribution in [-0.2, 0) is 6.18 Å². The normalized spacial score (nSPS) is 11.6. The number of aromatic nitrogens is 3. The number of methoxy groups -OCH3 is 1. The van der Waals surface area contributed by atoms with E-state index in [9.17, 15) is 18.0 Å². The molecular weight excluding hydrogens is 383 g/mol. The molecule has 2 aromatic carbocycles. The number of benzene rings is 2. The smallest absolute Gasteiger partial charge is 0.416 e. The fourth-order valence-corrected chi connectivity index (χ4v) is 3.01. The topological polar surface area (TPSA) is 57.0 Å². The number of ether oxygens (including phenoxy) is 1. The second-order valence-corrected chi connectivity index (χ2v) is 6.24. The summed E-state index contributed by atoms with van der Waals surface area (Å²) in [4.78, 5) is 17.1. The third kappa shape index (κ3) is 3.44. The summed E-state index contributed by atoms with van der Waals surface area (Å²) in [6, 6.07) is 14.6. The highest BCUT2D eigenvalue weighted by molar-refractivity contribution is 5.90. The summed E-state index contributed by atoms with van der Waals surface area (Å²) in [5.41, 5.74) is -0.138. The van der Waals surface area contributed by atoms with Gasteiger partial charge in [0, 0.05) is 11.8 Å². The van der Waals surface area contributed by atoms with Crippen LogP contribution in [-0.4, -0.2) is 21.9 Å². The average Bonchev–Trinajstić information content (AvgIpc) is 2.74. The first-order valence-electron chi connectivity index (χ1n) is 8.58. The number of rotatable bonds is 3. The molecule has 0 fully saturated rings. The fraction of sp³-hybridized carbons (Fsp3) is 0.0952. The molecule has 0 amide bonds. The summed E-state index contributed by atoms with van der Waals surface area (Å²) >= 11 is 0. The molecule has 2 aromatic heterocycles. The van der Waals surface area contributed by atoms with Gasteiger partial charge in [-0.1, -0.05) is 12.1 Å². The van der Waals surface area contributed by atoms with Crippen molar-refractivity contribution in [3.8, 4) is 22.7 Å². The summed E-state index contributed by atoms with van der Waals surface area (Å²) in [7, 11) is 1.52. The van der Waals surface area contributed by atoms with Crippen LogP contribution in [0.4, 0.5) is 13.2 Å². The number of hydrogen-bond acceptors (Lipinski definition) is 4. The standard InChI is InChI=1S/C21H14F3N3O2/c1-29-16-9-7-15(8-10-16)27-20(28)17-6-3-11-25-19(17)18(26-27)13-4-2-5-14(12-13)21(22,23)24/h2-12H,1H3. The van der Waals surface area contributed by atoms with E-state index >= 15 is 0 Å². The third-order valence-electron chi connectivity index (χ3n) is 4.44. The van der Waals surface area contributed by atoms with Gasteiger partial charge in [-0.3, -0.25) is 9.78 Å². The molecular formula is C21H14F3N3O2. The largest absolute Gasteiger partial charge is 0.497 e. The average molecular weight is 397 g/mol. The van der Waals surface area contributed by atoms with Crippen LogP contribution in [0.2, 0.25) is 0 Å². The summed E-state index contributed by atoms with van der Waals surface area (Å²) < 4.78 is 45.8. The van der Waals surface area contributed by atoms with Crippen molar-refractivity contribution in [2.45, 2.75) is 6.18 Å². The molecule has 0 aliphatic heterocycles. The molecule has 0 atom stereocenters. The lowest BCUT2D eigenvalue weighted by Crippen LogP contribution is -2.22. The van der Waals surface area contributed by atoms with Gasteiger partial charge in [0.2, 0.25) is 0 Å². The molecule has 0 unspecified atom stereocenters. The van der Waals surface area contributed by atoms with Crippen molar-refractivity contribution in [2.75, 3.05) is 7.11 Å². The second-order valence-electron chi connectivity index (χ2n) is 6.24. The summed E-state index contributed by atoms with van der Waals surface area (Å²) in [5.74, 6) is 0.599. The lowest BCUT2D eigenvalue weighted by Gasteiger charge is -2.12. The minimum Gasteiger partial charge on any atom is -0.497 e. The molecule has 2 heterocycles. The van der Waals surface area contributed by atoms with E-state index in [1.54, 1.807) is 36.4 Å². The van der Waals surface area contributed by atoms with Crippen LogP contribution in [0.25, 0.3) is 27.8 Å². The first-order chi connectivity index (χ1) is 13.9. The Balaban J connectivity index is 1.99. The lowest BCUT2D eigenvalue weighted by atomic mass is 10.1. The molecule has 29 heavy (non-hydrogen) atoms. The zero-order chi connectivity index (χ0) is 20.6. The summed E-state index contributed by atoms with van der Waals surface area (Å²) in [6.45, 7) is 0. The minimum atomic E-state index is -4.50. The van der Waals surface area contributed by atoms with Crippen molar-refractivity contribution in [1.29, 1.82) is 0 Å². The predicted molar refractivity (Wildman–Crippen MR) is 102 cm³/mol. The first kappa shape index (κ1) is 18.7. The molecule has 0 N–H and O–H groups in total. The van der Waals surface area contributed by atoms with Crippen molar-refractivity contribution in [3.63, 3.8) is 0 Å². The molecule has 0 spiro atoms. The van der Waals surface area contributed by atoms with Crippen molar-refractivity contribution >= 4 is 10.9 Å². The number of fused-ring (bicyclic) bond motifs is 1. The molecule has 4 aromatic rings. The lowest BCUT2D eigenvalue weighted by molar-refractivity contribution is -0.137. The van der Waals surface area contributed by atoms with Gasteiger partial charge >= 0.3 is 6.18 Å². The number of halogens is 3. The van der Waals surface area contributed by atoms with E-state index in [-0.39, 0.29) is 22.2 Å².